The molecule has 2 fully saturated rings. The molecule has 2 heterocycles. The van der Waals surface area contributed by atoms with Crippen LogP contribution in [0, 0.1) is 11.8 Å². The summed E-state index contributed by atoms with van der Waals surface area (Å²) in [5.74, 6) is 1.51. The first-order valence-corrected chi connectivity index (χ1v) is 11.9. The summed E-state index contributed by atoms with van der Waals surface area (Å²) in [7, 11) is 1.54. The van der Waals surface area contributed by atoms with E-state index in [9.17, 15) is 9.59 Å². The smallest absolute Gasteiger partial charge is 0.254 e. The number of nitrogens with two attached hydrogens (primary N) is 1. The number of ether oxygens (including phenoxy) is 1. The maximum absolute atomic E-state index is 13.6. The predicted molar refractivity (Wildman–Crippen MR) is 129 cm³/mol. The van der Waals surface area contributed by atoms with Crippen LogP contribution in [0.5, 0.6) is 5.75 Å². The first kappa shape index (κ1) is 23.1. The van der Waals surface area contributed by atoms with Gasteiger partial charge in [0.15, 0.2) is 0 Å². The molecule has 4 rings (SSSR count). The second-order valence-electron chi connectivity index (χ2n) is 9.02. The van der Waals surface area contributed by atoms with Crippen molar-refractivity contribution in [3.63, 3.8) is 0 Å². The Morgan fingerprint density at radius 2 is 1.70 bits per heavy atom. The zero-order valence-electron chi connectivity index (χ0n) is 19.3. The van der Waals surface area contributed by atoms with Gasteiger partial charge in [-0.1, -0.05) is 30.3 Å². The normalized spacial score (nSPS) is 18.5. The SMILES string of the molecule is COc1ccc(N)c(C(=O)NC(C(=O)N2CCC(C3CCNCC3)CC2)c2ccccc2)c1. The highest BCUT2D eigenvalue weighted by molar-refractivity contribution is 6.02. The molecule has 7 nitrogen and oxygen atoms in total. The van der Waals surface area contributed by atoms with Crippen molar-refractivity contribution in [2.75, 3.05) is 39.0 Å². The van der Waals surface area contributed by atoms with E-state index in [0.29, 0.717) is 22.9 Å². The highest BCUT2D eigenvalue weighted by Gasteiger charge is 2.33. The molecule has 0 aromatic heterocycles. The second-order valence-corrected chi connectivity index (χ2v) is 9.02. The lowest BCUT2D eigenvalue weighted by molar-refractivity contribution is -0.135. The van der Waals surface area contributed by atoms with Gasteiger partial charge in [-0.25, -0.2) is 0 Å². The average Bonchev–Trinajstić information content (AvgIpc) is 2.88. The van der Waals surface area contributed by atoms with Crippen molar-refractivity contribution >= 4 is 17.5 Å². The zero-order chi connectivity index (χ0) is 23.2. The van der Waals surface area contributed by atoms with Crippen molar-refractivity contribution in [1.82, 2.24) is 15.5 Å². The van der Waals surface area contributed by atoms with E-state index in [0.717, 1.165) is 50.5 Å². The molecule has 4 N–H and O–H groups in total. The summed E-state index contributed by atoms with van der Waals surface area (Å²) >= 11 is 0. The summed E-state index contributed by atoms with van der Waals surface area (Å²) in [4.78, 5) is 28.6. The molecule has 2 amide bonds. The van der Waals surface area contributed by atoms with Gasteiger partial charge >= 0.3 is 0 Å². The summed E-state index contributed by atoms with van der Waals surface area (Å²) in [5.41, 5.74) is 7.45. The molecule has 1 atom stereocenters. The lowest BCUT2D eigenvalue weighted by atomic mass is 9.79. The van der Waals surface area contributed by atoms with Crippen LogP contribution in [0.4, 0.5) is 5.69 Å². The number of piperidine rings is 2. The maximum Gasteiger partial charge on any atom is 0.254 e. The van der Waals surface area contributed by atoms with Crippen molar-refractivity contribution in [3.05, 3.63) is 59.7 Å². The lowest BCUT2D eigenvalue weighted by Crippen LogP contribution is -2.47. The predicted octanol–water partition coefficient (Wildman–Crippen LogP) is 2.99. The van der Waals surface area contributed by atoms with Gasteiger partial charge in [0.2, 0.25) is 5.91 Å². The van der Waals surface area contributed by atoms with E-state index in [4.69, 9.17) is 10.5 Å². The van der Waals surface area contributed by atoms with Crippen LogP contribution in [-0.4, -0.2) is 50.0 Å². The third kappa shape index (κ3) is 5.47. The third-order valence-corrected chi connectivity index (χ3v) is 7.06. The Labute approximate surface area is 195 Å². The van der Waals surface area contributed by atoms with Crippen LogP contribution in [0.2, 0.25) is 0 Å². The van der Waals surface area contributed by atoms with Gasteiger partial charge in [-0.15, -0.1) is 0 Å². The summed E-state index contributed by atoms with van der Waals surface area (Å²) < 4.78 is 5.24. The van der Waals surface area contributed by atoms with Crippen LogP contribution in [0.1, 0.15) is 47.6 Å². The molecule has 0 radical (unpaired) electrons. The highest BCUT2D eigenvalue weighted by Crippen LogP contribution is 2.32. The molecule has 2 aliphatic rings. The number of hydrogen-bond donors (Lipinski definition) is 3. The number of methoxy groups -OCH3 is 1. The Bertz CT molecular complexity index is 951. The summed E-state index contributed by atoms with van der Waals surface area (Å²) in [6, 6.07) is 13.6. The largest absolute Gasteiger partial charge is 0.497 e. The summed E-state index contributed by atoms with van der Waals surface area (Å²) in [5, 5.41) is 6.37. The van der Waals surface area contributed by atoms with Gasteiger partial charge in [0, 0.05) is 18.8 Å². The van der Waals surface area contributed by atoms with Crippen LogP contribution < -0.4 is 21.1 Å². The number of hydrogen-bond acceptors (Lipinski definition) is 5. The molecule has 2 aromatic carbocycles. The molecule has 2 saturated heterocycles. The van der Waals surface area contributed by atoms with E-state index in [-0.39, 0.29) is 5.91 Å². The van der Waals surface area contributed by atoms with Crippen molar-refractivity contribution in [3.8, 4) is 5.75 Å². The van der Waals surface area contributed by atoms with Gasteiger partial charge in [0.05, 0.1) is 12.7 Å². The topological polar surface area (TPSA) is 96.7 Å². The number of likely N-dealkylation sites (tertiary alicyclic amines) is 1. The van der Waals surface area contributed by atoms with Crippen LogP contribution in [0.25, 0.3) is 0 Å². The van der Waals surface area contributed by atoms with E-state index in [1.807, 2.05) is 35.2 Å². The molecule has 1 unspecified atom stereocenters. The number of nitrogens with zero attached hydrogens (tertiary/aromatic N) is 1. The zero-order valence-corrected chi connectivity index (χ0v) is 19.3. The molecule has 0 aliphatic carbocycles. The van der Waals surface area contributed by atoms with E-state index < -0.39 is 11.9 Å². The van der Waals surface area contributed by atoms with Crippen molar-refractivity contribution < 1.29 is 14.3 Å². The quantitative estimate of drug-likeness (QED) is 0.588. The lowest BCUT2D eigenvalue weighted by Gasteiger charge is -2.39. The van der Waals surface area contributed by atoms with Crippen molar-refractivity contribution in [2.45, 2.75) is 31.7 Å². The van der Waals surface area contributed by atoms with E-state index in [1.165, 1.54) is 20.0 Å². The Kier molecular flexibility index (Phi) is 7.50. The van der Waals surface area contributed by atoms with Crippen LogP contribution in [0.3, 0.4) is 0 Å². The minimum Gasteiger partial charge on any atom is -0.497 e. The Hall–Kier alpha value is -3.06. The molecule has 2 aromatic rings. The van der Waals surface area contributed by atoms with E-state index in [1.54, 1.807) is 18.2 Å². The third-order valence-electron chi connectivity index (χ3n) is 7.06. The fourth-order valence-corrected chi connectivity index (χ4v) is 5.09. The molecule has 0 spiro atoms. The fourth-order valence-electron chi connectivity index (χ4n) is 5.09. The number of carbonyl (C=O) groups excluding carboxylic acids is 2. The molecule has 2 aliphatic heterocycles. The van der Waals surface area contributed by atoms with Crippen LogP contribution in [-0.2, 0) is 4.79 Å². The molecule has 176 valence electrons. The molecular formula is C26H34N4O3. The summed E-state index contributed by atoms with van der Waals surface area (Å²) in [6.07, 6.45) is 4.50. The minimum atomic E-state index is -0.764. The van der Waals surface area contributed by atoms with Crippen molar-refractivity contribution in [2.24, 2.45) is 11.8 Å². The number of benzene rings is 2. The first-order chi connectivity index (χ1) is 16.1. The minimum absolute atomic E-state index is 0.0696. The van der Waals surface area contributed by atoms with E-state index >= 15 is 0 Å². The standard InChI is InChI=1S/C26H34N4O3/c1-33-21-7-8-23(27)22(17-21)25(31)29-24(20-5-3-2-4-6-20)26(32)30-15-11-19(12-16-30)18-9-13-28-14-10-18/h2-8,17-19,24,28H,9-16,27H2,1H3,(H,29,31). The van der Waals surface area contributed by atoms with Gasteiger partial charge in [0.25, 0.3) is 5.91 Å². The molecule has 7 heteroatoms. The first-order valence-electron chi connectivity index (χ1n) is 11.9. The Morgan fingerprint density at radius 1 is 1.03 bits per heavy atom. The number of rotatable bonds is 6. The number of nitrogens with one attached hydrogen (secondary N) is 2. The Balaban J connectivity index is 1.48. The van der Waals surface area contributed by atoms with E-state index in [2.05, 4.69) is 10.6 Å². The average molecular weight is 451 g/mol. The molecule has 0 saturated carbocycles. The molecule has 0 bridgehead atoms. The number of nitrogen functional groups attached to an aromatic ring is 1. The van der Waals surface area contributed by atoms with Gasteiger partial charge in [0.1, 0.15) is 11.8 Å². The van der Waals surface area contributed by atoms with Crippen LogP contribution in [0.15, 0.2) is 48.5 Å². The Morgan fingerprint density at radius 3 is 2.36 bits per heavy atom. The molecular weight excluding hydrogens is 416 g/mol. The van der Waals surface area contributed by atoms with Gasteiger partial charge in [-0.3, -0.25) is 9.59 Å². The fraction of sp³-hybridized carbons (Fsp3) is 0.462. The van der Waals surface area contributed by atoms with Crippen molar-refractivity contribution in [1.29, 1.82) is 0 Å². The number of amides is 2. The number of carbonyl (C=O) groups is 2. The molecule has 33 heavy (non-hydrogen) atoms. The maximum atomic E-state index is 13.6. The monoisotopic (exact) mass is 450 g/mol. The van der Waals surface area contributed by atoms with Crippen LogP contribution >= 0.6 is 0 Å². The highest BCUT2D eigenvalue weighted by atomic mass is 16.5. The second kappa shape index (κ2) is 10.7. The van der Waals surface area contributed by atoms with Gasteiger partial charge in [-0.2, -0.15) is 0 Å². The van der Waals surface area contributed by atoms with Gasteiger partial charge < -0.3 is 26.0 Å². The summed E-state index contributed by atoms with van der Waals surface area (Å²) in [6.45, 7) is 3.65. The van der Waals surface area contributed by atoms with Gasteiger partial charge in [-0.05, 0) is 74.4 Å². The number of anilines is 1.